The van der Waals surface area contributed by atoms with Crippen LogP contribution in [0, 0.1) is 30.6 Å². The molecule has 2 aromatic rings. The van der Waals surface area contributed by atoms with E-state index in [0.29, 0.717) is 29.1 Å². The van der Waals surface area contributed by atoms with Crippen LogP contribution in [0.2, 0.25) is 5.02 Å². The van der Waals surface area contributed by atoms with Gasteiger partial charge in [-0.05, 0) is 86.8 Å². The van der Waals surface area contributed by atoms with E-state index in [1.54, 1.807) is 13.2 Å². The summed E-state index contributed by atoms with van der Waals surface area (Å²) >= 11 is 6.15. The largest absolute Gasteiger partial charge is 0.378 e. The van der Waals surface area contributed by atoms with Crippen molar-refractivity contribution in [2.75, 3.05) is 7.11 Å². The molecule has 0 spiro atoms. The van der Waals surface area contributed by atoms with Gasteiger partial charge in [0.15, 0.2) is 5.43 Å². The maximum atomic E-state index is 13.5. The van der Waals surface area contributed by atoms with Gasteiger partial charge in [-0.25, -0.2) is 0 Å². The number of nitrogens with zero attached hydrogens (tertiary/aromatic N) is 1. The lowest BCUT2D eigenvalue weighted by Crippen LogP contribution is -2.56. The predicted molar refractivity (Wildman–Crippen MR) is 130 cm³/mol. The molecule has 0 aliphatic heterocycles. The summed E-state index contributed by atoms with van der Waals surface area (Å²) in [4.78, 5) is 26.6. The van der Waals surface area contributed by atoms with Crippen LogP contribution in [0.3, 0.4) is 0 Å². The van der Waals surface area contributed by atoms with Crippen LogP contribution < -0.4 is 10.7 Å². The topological polar surface area (TPSA) is 60.3 Å². The normalized spacial score (nSPS) is 27.7. The first kappa shape index (κ1) is 22.7. The number of amides is 1. The molecule has 1 amide bonds. The molecule has 1 N–H and O–H groups in total. The van der Waals surface area contributed by atoms with Crippen LogP contribution in [-0.4, -0.2) is 23.6 Å². The van der Waals surface area contributed by atoms with Gasteiger partial charge < -0.3 is 14.6 Å². The van der Waals surface area contributed by atoms with Crippen molar-refractivity contribution in [2.45, 2.75) is 64.6 Å². The fourth-order valence-corrected chi connectivity index (χ4v) is 7.20. The van der Waals surface area contributed by atoms with Crippen LogP contribution >= 0.6 is 11.6 Å². The van der Waals surface area contributed by atoms with E-state index in [1.807, 2.05) is 31.2 Å². The third-order valence-corrected chi connectivity index (χ3v) is 8.41. The fourth-order valence-electron chi connectivity index (χ4n) is 6.99. The molecule has 6 heteroatoms. The summed E-state index contributed by atoms with van der Waals surface area (Å²) < 4.78 is 7.52. The Hall–Kier alpha value is -2.11. The Morgan fingerprint density at radius 1 is 1.12 bits per heavy atom. The lowest BCUT2D eigenvalue weighted by Gasteiger charge is -2.54. The van der Waals surface area contributed by atoms with E-state index in [4.69, 9.17) is 16.3 Å². The molecule has 4 fully saturated rings. The number of carbonyl (C=O) groups is 1. The second-order valence-electron chi connectivity index (χ2n) is 10.4. The molecule has 6 rings (SSSR count). The molecule has 0 radical (unpaired) electrons. The molecule has 1 heterocycles. The van der Waals surface area contributed by atoms with E-state index in [0.717, 1.165) is 29.5 Å². The molecule has 176 valence electrons. The fraction of sp³-hybridized carbons (Fsp3) is 0.556. The van der Waals surface area contributed by atoms with E-state index < -0.39 is 0 Å². The maximum absolute atomic E-state index is 13.5. The van der Waals surface area contributed by atoms with Gasteiger partial charge in [0.25, 0.3) is 5.91 Å². The molecule has 4 saturated carbocycles. The summed E-state index contributed by atoms with van der Waals surface area (Å²) in [5.41, 5.74) is 2.62. The van der Waals surface area contributed by atoms with Crippen molar-refractivity contribution in [3.63, 3.8) is 0 Å². The molecule has 4 bridgehead atoms. The number of nitrogens with one attached hydrogen (secondary N) is 1. The number of ether oxygens (including phenoxy) is 1. The number of carbonyl (C=O) groups excluding carboxylic acids is 1. The smallest absolute Gasteiger partial charge is 0.257 e. The SMILES string of the molecule is COCc1c(C(=O)NC2C3CC4CC(C3)CC2C4)c(=O)cc(C)n1CCc1cccc(Cl)c1. The first-order valence-electron chi connectivity index (χ1n) is 12.2. The molecular weight excluding hydrogens is 436 g/mol. The number of pyridine rings is 1. The highest BCUT2D eigenvalue weighted by Gasteiger charge is 2.48. The minimum Gasteiger partial charge on any atom is -0.378 e. The second-order valence-corrected chi connectivity index (χ2v) is 10.8. The van der Waals surface area contributed by atoms with Crippen molar-refractivity contribution >= 4 is 17.5 Å². The van der Waals surface area contributed by atoms with Crippen LogP contribution in [0.25, 0.3) is 0 Å². The van der Waals surface area contributed by atoms with Crippen molar-refractivity contribution in [3.05, 3.63) is 68.1 Å². The van der Waals surface area contributed by atoms with E-state index in [1.165, 1.54) is 32.1 Å². The predicted octanol–water partition coefficient (Wildman–Crippen LogP) is 4.75. The minimum absolute atomic E-state index is 0.196. The number of hydrogen-bond acceptors (Lipinski definition) is 3. The van der Waals surface area contributed by atoms with Gasteiger partial charge in [-0.3, -0.25) is 9.59 Å². The average Bonchev–Trinajstić information content (AvgIpc) is 2.75. The summed E-state index contributed by atoms with van der Waals surface area (Å²) in [7, 11) is 1.60. The van der Waals surface area contributed by atoms with Crippen LogP contribution in [0.1, 0.15) is 59.4 Å². The van der Waals surface area contributed by atoms with Crippen molar-refractivity contribution in [3.8, 4) is 0 Å². The van der Waals surface area contributed by atoms with Crippen LogP contribution in [0.5, 0.6) is 0 Å². The lowest BCUT2D eigenvalue weighted by molar-refractivity contribution is -0.0120. The number of methoxy groups -OCH3 is 1. The summed E-state index contributed by atoms with van der Waals surface area (Å²) in [6.45, 7) is 2.78. The molecule has 5 nitrogen and oxygen atoms in total. The van der Waals surface area contributed by atoms with Gasteiger partial charge in [0.1, 0.15) is 5.56 Å². The Labute approximate surface area is 200 Å². The van der Waals surface area contributed by atoms with Crippen molar-refractivity contribution in [1.29, 1.82) is 0 Å². The molecule has 1 aromatic carbocycles. The average molecular weight is 469 g/mol. The highest BCUT2D eigenvalue weighted by Crippen LogP contribution is 2.53. The summed E-state index contributed by atoms with van der Waals surface area (Å²) in [5.74, 6) is 2.57. The molecule has 0 unspecified atom stereocenters. The quantitative estimate of drug-likeness (QED) is 0.637. The Balaban J connectivity index is 1.42. The third-order valence-electron chi connectivity index (χ3n) is 8.17. The molecule has 4 aliphatic rings. The Morgan fingerprint density at radius 3 is 2.45 bits per heavy atom. The first-order valence-corrected chi connectivity index (χ1v) is 12.6. The van der Waals surface area contributed by atoms with E-state index in [-0.39, 0.29) is 29.5 Å². The summed E-state index contributed by atoms with van der Waals surface area (Å²) in [6.07, 6.45) is 7.01. The van der Waals surface area contributed by atoms with Gasteiger partial charge in [0.05, 0.1) is 12.3 Å². The standard InChI is InChI=1S/C27H33ClN2O3/c1-16-8-24(31)25(23(15-33-2)30(16)7-6-17-4-3-5-22(28)14-17)27(32)29-26-20-10-18-9-19(12-20)13-21(26)11-18/h3-5,8,14,18-21,26H,6-7,9-13,15H2,1-2H3,(H,29,32). The van der Waals surface area contributed by atoms with Gasteiger partial charge in [-0.15, -0.1) is 0 Å². The summed E-state index contributed by atoms with van der Waals surface area (Å²) in [6, 6.07) is 9.58. The molecule has 33 heavy (non-hydrogen) atoms. The van der Waals surface area contributed by atoms with Crippen LogP contribution in [0.15, 0.2) is 35.1 Å². The highest BCUT2D eigenvalue weighted by atomic mass is 35.5. The zero-order valence-corrected chi connectivity index (χ0v) is 20.2. The zero-order chi connectivity index (χ0) is 23.1. The number of halogens is 1. The number of hydrogen-bond donors (Lipinski definition) is 1. The first-order chi connectivity index (χ1) is 15.9. The van der Waals surface area contributed by atoms with Crippen LogP contribution in [-0.2, 0) is 24.3 Å². The van der Waals surface area contributed by atoms with Gasteiger partial charge in [0.2, 0.25) is 0 Å². The minimum atomic E-state index is -0.235. The molecule has 4 aliphatic carbocycles. The van der Waals surface area contributed by atoms with E-state index in [9.17, 15) is 9.59 Å². The Morgan fingerprint density at radius 2 is 1.82 bits per heavy atom. The number of aryl methyl sites for hydroxylation is 2. The number of rotatable bonds is 7. The van der Waals surface area contributed by atoms with Gasteiger partial charge >= 0.3 is 0 Å². The number of aromatic nitrogens is 1. The van der Waals surface area contributed by atoms with Crippen molar-refractivity contribution < 1.29 is 9.53 Å². The van der Waals surface area contributed by atoms with Crippen molar-refractivity contribution in [2.24, 2.45) is 23.7 Å². The third kappa shape index (κ3) is 4.50. The molecular formula is C27H33ClN2O3. The number of benzene rings is 1. The van der Waals surface area contributed by atoms with E-state index >= 15 is 0 Å². The Bertz CT molecular complexity index is 1080. The molecule has 0 saturated heterocycles. The van der Waals surface area contributed by atoms with Crippen molar-refractivity contribution in [1.82, 2.24) is 9.88 Å². The Kier molecular flexibility index (Phi) is 6.37. The molecule has 0 atom stereocenters. The second kappa shape index (κ2) is 9.27. The van der Waals surface area contributed by atoms with Gasteiger partial charge in [0, 0.05) is 36.5 Å². The van der Waals surface area contributed by atoms with Crippen LogP contribution in [0.4, 0.5) is 0 Å². The van der Waals surface area contributed by atoms with Gasteiger partial charge in [-0.1, -0.05) is 23.7 Å². The highest BCUT2D eigenvalue weighted by molar-refractivity contribution is 6.30. The maximum Gasteiger partial charge on any atom is 0.257 e. The van der Waals surface area contributed by atoms with Gasteiger partial charge in [-0.2, -0.15) is 0 Å². The zero-order valence-electron chi connectivity index (χ0n) is 19.5. The lowest BCUT2D eigenvalue weighted by atomic mass is 9.54. The summed E-state index contributed by atoms with van der Waals surface area (Å²) in [5, 5.41) is 4.03. The monoisotopic (exact) mass is 468 g/mol. The molecule has 1 aromatic heterocycles. The van der Waals surface area contributed by atoms with E-state index in [2.05, 4.69) is 9.88 Å².